The number of carbonyl (C=O) groups is 1. The fourth-order valence-electron chi connectivity index (χ4n) is 3.37. The summed E-state index contributed by atoms with van der Waals surface area (Å²) in [6.45, 7) is 3.60. The number of nitrogens with zero attached hydrogens (tertiary/aromatic N) is 1. The molecule has 3 rings (SSSR count). The molecule has 1 aromatic carbocycles. The standard InChI is InChI=1S/C17H24N2O2/c1-2-16-18-15(9-8-13-6-4-3-5-7-13)17(20)19(16)14-10-11-21-12-14/h3-7,14-16,18H,2,8-12H2,1H3. The van der Waals surface area contributed by atoms with Gasteiger partial charge in [0.1, 0.15) is 0 Å². The Kier molecular flexibility index (Phi) is 4.56. The van der Waals surface area contributed by atoms with Crippen molar-refractivity contribution in [1.82, 2.24) is 10.2 Å². The maximum Gasteiger partial charge on any atom is 0.241 e. The SMILES string of the molecule is CCC1NC(CCc2ccccc2)C(=O)N1C1CCOC1. The van der Waals surface area contributed by atoms with Gasteiger partial charge in [0.05, 0.1) is 24.9 Å². The summed E-state index contributed by atoms with van der Waals surface area (Å²) in [4.78, 5) is 14.7. The average molecular weight is 288 g/mol. The lowest BCUT2D eigenvalue weighted by Crippen LogP contribution is -2.44. The third-order valence-corrected chi connectivity index (χ3v) is 4.53. The van der Waals surface area contributed by atoms with Crippen molar-refractivity contribution in [3.8, 4) is 0 Å². The van der Waals surface area contributed by atoms with Crippen LogP contribution >= 0.6 is 0 Å². The van der Waals surface area contributed by atoms with E-state index < -0.39 is 0 Å². The van der Waals surface area contributed by atoms with Gasteiger partial charge in [-0.05, 0) is 31.2 Å². The highest BCUT2D eigenvalue weighted by atomic mass is 16.5. The molecule has 2 fully saturated rings. The molecule has 0 aromatic heterocycles. The van der Waals surface area contributed by atoms with E-state index in [0.29, 0.717) is 6.61 Å². The second-order valence-electron chi connectivity index (χ2n) is 5.93. The highest BCUT2D eigenvalue weighted by molar-refractivity contribution is 5.84. The Balaban J connectivity index is 1.62. The van der Waals surface area contributed by atoms with Crippen LogP contribution in [0.15, 0.2) is 30.3 Å². The van der Waals surface area contributed by atoms with E-state index in [2.05, 4.69) is 36.5 Å². The van der Waals surface area contributed by atoms with Crippen molar-refractivity contribution in [1.29, 1.82) is 0 Å². The zero-order chi connectivity index (χ0) is 14.7. The number of aryl methyl sites for hydroxylation is 1. The fraction of sp³-hybridized carbons (Fsp3) is 0.588. The van der Waals surface area contributed by atoms with Crippen LogP contribution in [0.3, 0.4) is 0 Å². The lowest BCUT2D eigenvalue weighted by molar-refractivity contribution is -0.132. The quantitative estimate of drug-likeness (QED) is 0.900. The van der Waals surface area contributed by atoms with Gasteiger partial charge in [0.25, 0.3) is 0 Å². The normalized spacial score (nSPS) is 29.3. The maximum absolute atomic E-state index is 12.7. The molecular formula is C17H24N2O2. The summed E-state index contributed by atoms with van der Waals surface area (Å²) >= 11 is 0. The molecule has 0 bridgehead atoms. The number of carbonyl (C=O) groups excluding carboxylic acids is 1. The number of benzene rings is 1. The van der Waals surface area contributed by atoms with Gasteiger partial charge in [-0.15, -0.1) is 0 Å². The molecule has 21 heavy (non-hydrogen) atoms. The minimum atomic E-state index is -0.0456. The predicted octanol–water partition coefficient (Wildman–Crippen LogP) is 1.94. The molecule has 2 aliphatic heterocycles. The topological polar surface area (TPSA) is 41.6 Å². The lowest BCUT2D eigenvalue weighted by Gasteiger charge is -2.28. The second-order valence-corrected chi connectivity index (χ2v) is 5.93. The molecule has 0 saturated carbocycles. The van der Waals surface area contributed by atoms with Gasteiger partial charge in [-0.1, -0.05) is 37.3 Å². The van der Waals surface area contributed by atoms with E-state index in [1.807, 2.05) is 11.0 Å². The molecule has 0 aliphatic carbocycles. The molecule has 1 aromatic rings. The van der Waals surface area contributed by atoms with Crippen molar-refractivity contribution < 1.29 is 9.53 Å². The second kappa shape index (κ2) is 6.58. The summed E-state index contributed by atoms with van der Waals surface area (Å²) in [5.41, 5.74) is 1.29. The van der Waals surface area contributed by atoms with E-state index in [-0.39, 0.29) is 24.2 Å². The fourth-order valence-corrected chi connectivity index (χ4v) is 3.37. The predicted molar refractivity (Wildman–Crippen MR) is 81.8 cm³/mol. The van der Waals surface area contributed by atoms with E-state index in [4.69, 9.17) is 4.74 Å². The molecule has 2 heterocycles. The first-order valence-corrected chi connectivity index (χ1v) is 7.99. The van der Waals surface area contributed by atoms with Crippen LogP contribution in [0.4, 0.5) is 0 Å². The van der Waals surface area contributed by atoms with Gasteiger partial charge in [-0.3, -0.25) is 10.1 Å². The number of ether oxygens (including phenoxy) is 1. The average Bonchev–Trinajstić information content (AvgIpc) is 3.14. The highest BCUT2D eigenvalue weighted by Crippen LogP contribution is 2.24. The van der Waals surface area contributed by atoms with E-state index in [9.17, 15) is 4.79 Å². The van der Waals surface area contributed by atoms with Crippen LogP contribution in [0.25, 0.3) is 0 Å². The molecule has 3 atom stereocenters. The Labute approximate surface area is 126 Å². The van der Waals surface area contributed by atoms with Crippen LogP contribution in [0, 0.1) is 0 Å². The van der Waals surface area contributed by atoms with Gasteiger partial charge in [0, 0.05) is 6.61 Å². The lowest BCUT2D eigenvalue weighted by atomic mass is 10.1. The zero-order valence-corrected chi connectivity index (χ0v) is 12.6. The molecular weight excluding hydrogens is 264 g/mol. The van der Waals surface area contributed by atoms with Gasteiger partial charge in [-0.2, -0.15) is 0 Å². The molecule has 114 valence electrons. The summed E-state index contributed by atoms with van der Waals surface area (Å²) < 4.78 is 5.45. The Hall–Kier alpha value is -1.39. The number of rotatable bonds is 5. The van der Waals surface area contributed by atoms with Crippen LogP contribution in [-0.4, -0.2) is 42.3 Å². The highest BCUT2D eigenvalue weighted by Gasteiger charge is 2.42. The molecule has 1 amide bonds. The summed E-state index contributed by atoms with van der Waals surface area (Å²) in [6.07, 6.45) is 3.89. The molecule has 4 heteroatoms. The van der Waals surface area contributed by atoms with Crippen molar-refractivity contribution in [3.05, 3.63) is 35.9 Å². The largest absolute Gasteiger partial charge is 0.379 e. The first kappa shape index (κ1) is 14.5. The number of nitrogens with one attached hydrogen (secondary N) is 1. The first-order valence-electron chi connectivity index (χ1n) is 7.99. The van der Waals surface area contributed by atoms with Crippen LogP contribution in [0.1, 0.15) is 31.7 Å². The van der Waals surface area contributed by atoms with E-state index in [0.717, 1.165) is 32.3 Å². The van der Waals surface area contributed by atoms with Gasteiger partial charge < -0.3 is 9.64 Å². The van der Waals surface area contributed by atoms with Crippen molar-refractivity contribution in [2.24, 2.45) is 0 Å². The summed E-state index contributed by atoms with van der Waals surface area (Å²) in [6, 6.07) is 10.6. The van der Waals surface area contributed by atoms with Crippen molar-refractivity contribution in [3.63, 3.8) is 0 Å². The number of hydrogen-bond donors (Lipinski definition) is 1. The minimum Gasteiger partial charge on any atom is -0.379 e. The maximum atomic E-state index is 12.7. The Morgan fingerprint density at radius 2 is 2.14 bits per heavy atom. The molecule has 1 N–H and O–H groups in total. The van der Waals surface area contributed by atoms with Crippen molar-refractivity contribution in [2.45, 2.75) is 50.9 Å². The van der Waals surface area contributed by atoms with Gasteiger partial charge in [-0.25, -0.2) is 0 Å². The van der Waals surface area contributed by atoms with Crippen LogP contribution in [-0.2, 0) is 16.0 Å². The monoisotopic (exact) mass is 288 g/mol. The van der Waals surface area contributed by atoms with Crippen molar-refractivity contribution in [2.75, 3.05) is 13.2 Å². The summed E-state index contributed by atoms with van der Waals surface area (Å²) in [5.74, 6) is 0.258. The van der Waals surface area contributed by atoms with Crippen LogP contribution < -0.4 is 5.32 Å². The van der Waals surface area contributed by atoms with Gasteiger partial charge in [0.15, 0.2) is 0 Å². The van der Waals surface area contributed by atoms with Crippen molar-refractivity contribution >= 4 is 5.91 Å². The smallest absolute Gasteiger partial charge is 0.241 e. The molecule has 0 spiro atoms. The Morgan fingerprint density at radius 3 is 2.81 bits per heavy atom. The van der Waals surface area contributed by atoms with Crippen LogP contribution in [0.5, 0.6) is 0 Å². The third-order valence-electron chi connectivity index (χ3n) is 4.53. The molecule has 0 radical (unpaired) electrons. The van der Waals surface area contributed by atoms with Crippen LogP contribution in [0.2, 0.25) is 0 Å². The molecule has 4 nitrogen and oxygen atoms in total. The molecule has 2 saturated heterocycles. The molecule has 3 unspecified atom stereocenters. The van der Waals surface area contributed by atoms with E-state index >= 15 is 0 Å². The number of hydrogen-bond acceptors (Lipinski definition) is 3. The van der Waals surface area contributed by atoms with Gasteiger partial charge in [0.2, 0.25) is 5.91 Å². The number of amides is 1. The summed E-state index contributed by atoms with van der Waals surface area (Å²) in [5, 5.41) is 3.51. The van der Waals surface area contributed by atoms with E-state index in [1.165, 1.54) is 5.56 Å². The van der Waals surface area contributed by atoms with Gasteiger partial charge >= 0.3 is 0 Å². The summed E-state index contributed by atoms with van der Waals surface area (Å²) in [7, 11) is 0. The zero-order valence-electron chi connectivity index (χ0n) is 12.6. The minimum absolute atomic E-state index is 0.0456. The Morgan fingerprint density at radius 1 is 1.33 bits per heavy atom. The molecule has 2 aliphatic rings. The first-order chi connectivity index (χ1) is 10.3. The van der Waals surface area contributed by atoms with E-state index in [1.54, 1.807) is 0 Å². The Bertz CT molecular complexity index is 471. The third kappa shape index (κ3) is 3.11.